The normalized spacial score (nSPS) is 19.5. The third kappa shape index (κ3) is 5.99. The average molecular weight is 656 g/mol. The molecule has 0 aliphatic carbocycles. The summed E-state index contributed by atoms with van der Waals surface area (Å²) in [6.45, 7) is 4.10. The zero-order valence-corrected chi connectivity index (χ0v) is 26.4. The molecule has 6 heteroatoms. The van der Waals surface area contributed by atoms with Gasteiger partial charge in [0.2, 0.25) is 0 Å². The standard InChI is InChI=1S/C31H32O2P2Se2/c1-31(2)32-29(23-34(36,25-15-7-3-8-16-25)26-17-9-4-10-18-26)30(33-31)24-35(37,27-19-11-5-12-20-27)28-21-13-6-14-22-28/h3-22,29-30H,23-24H2,1-2H3. The molecular weight excluding hydrogens is 624 g/mol. The van der Waals surface area contributed by atoms with Gasteiger partial charge in [-0.15, -0.1) is 0 Å². The van der Waals surface area contributed by atoms with Gasteiger partial charge in [-0.25, -0.2) is 0 Å². The first-order valence-corrected chi connectivity index (χ1v) is 20.9. The van der Waals surface area contributed by atoms with E-state index in [1.807, 2.05) is 0 Å². The van der Waals surface area contributed by atoms with Gasteiger partial charge < -0.3 is 0 Å². The Balaban J connectivity index is 1.55. The summed E-state index contributed by atoms with van der Waals surface area (Å²) >= 11 is 7.40. The molecule has 0 aromatic heterocycles. The maximum atomic E-state index is 6.71. The van der Waals surface area contributed by atoms with Crippen LogP contribution in [-0.4, -0.2) is 60.5 Å². The Hall–Kier alpha value is -1.30. The second-order valence-electron chi connectivity index (χ2n) is 9.90. The Labute approximate surface area is 236 Å². The molecule has 190 valence electrons. The molecule has 4 aromatic carbocycles. The summed E-state index contributed by atoms with van der Waals surface area (Å²) in [4.78, 5) is 0. The molecule has 0 N–H and O–H groups in total. The second kappa shape index (κ2) is 11.4. The molecule has 4 aromatic rings. The molecule has 0 bridgehead atoms. The van der Waals surface area contributed by atoms with Crippen LogP contribution in [0.3, 0.4) is 0 Å². The van der Waals surface area contributed by atoms with Gasteiger partial charge in [0.1, 0.15) is 0 Å². The summed E-state index contributed by atoms with van der Waals surface area (Å²) < 4.78 is 13.4. The number of hydrogen-bond acceptors (Lipinski definition) is 2. The molecule has 0 amide bonds. The Bertz CT molecular complexity index is 1220. The molecule has 2 atom stereocenters. The van der Waals surface area contributed by atoms with Crippen LogP contribution in [0.25, 0.3) is 0 Å². The zero-order chi connectivity index (χ0) is 25.9. The van der Waals surface area contributed by atoms with E-state index >= 15 is 0 Å². The summed E-state index contributed by atoms with van der Waals surface area (Å²) in [5, 5.41) is 5.40. The molecular formula is C31H32O2P2Se2. The second-order valence-corrected chi connectivity index (χ2v) is 23.5. The van der Waals surface area contributed by atoms with Gasteiger partial charge in [-0.1, -0.05) is 0 Å². The van der Waals surface area contributed by atoms with Crippen molar-refractivity contribution in [3.05, 3.63) is 121 Å². The van der Waals surface area contributed by atoms with Crippen molar-refractivity contribution in [3.63, 3.8) is 0 Å². The fraction of sp³-hybridized carbons (Fsp3) is 0.226. The monoisotopic (exact) mass is 658 g/mol. The summed E-state index contributed by atoms with van der Waals surface area (Å²) in [6, 6.07) is 43.5. The van der Waals surface area contributed by atoms with Gasteiger partial charge in [0.25, 0.3) is 0 Å². The van der Waals surface area contributed by atoms with E-state index in [9.17, 15) is 0 Å². The van der Waals surface area contributed by atoms with Crippen LogP contribution in [0.1, 0.15) is 13.8 Å². The van der Waals surface area contributed by atoms with Gasteiger partial charge in [0.05, 0.1) is 0 Å². The Morgan fingerprint density at radius 3 is 1.00 bits per heavy atom. The van der Waals surface area contributed by atoms with Crippen molar-refractivity contribution in [1.82, 2.24) is 0 Å². The van der Waals surface area contributed by atoms with E-state index in [1.165, 1.54) is 21.2 Å². The van der Waals surface area contributed by atoms with E-state index in [1.54, 1.807) is 0 Å². The van der Waals surface area contributed by atoms with Crippen molar-refractivity contribution in [1.29, 1.82) is 0 Å². The summed E-state index contributed by atoms with van der Waals surface area (Å²) in [5.74, 6) is -0.633. The van der Waals surface area contributed by atoms with Gasteiger partial charge in [-0.2, -0.15) is 0 Å². The first-order chi connectivity index (χ1) is 17.8. The van der Waals surface area contributed by atoms with Crippen molar-refractivity contribution in [2.24, 2.45) is 0 Å². The fourth-order valence-corrected chi connectivity index (χ4v) is 15.7. The van der Waals surface area contributed by atoms with Gasteiger partial charge in [0, 0.05) is 0 Å². The molecule has 1 heterocycles. The van der Waals surface area contributed by atoms with Crippen molar-refractivity contribution in [2.75, 3.05) is 12.3 Å². The Morgan fingerprint density at radius 1 is 0.514 bits per heavy atom. The van der Waals surface area contributed by atoms with Crippen LogP contribution in [0.15, 0.2) is 121 Å². The van der Waals surface area contributed by atoms with Gasteiger partial charge in [-0.3, -0.25) is 0 Å². The molecule has 1 fully saturated rings. The fourth-order valence-electron chi connectivity index (χ4n) is 5.12. The van der Waals surface area contributed by atoms with Crippen molar-refractivity contribution < 1.29 is 9.47 Å². The Morgan fingerprint density at radius 2 is 0.757 bits per heavy atom. The van der Waals surface area contributed by atoms with Crippen LogP contribution in [0.5, 0.6) is 0 Å². The third-order valence-electron chi connectivity index (χ3n) is 6.85. The SMILES string of the molecule is CC1(C)OC(CP(=[Se])(c2ccccc2)c2ccccc2)C(CP(=[Se])(c2ccccc2)c2ccccc2)O1. The third-order valence-corrected chi connectivity index (χ3v) is 20.3. The zero-order valence-electron chi connectivity index (χ0n) is 21.1. The molecule has 1 aliphatic rings. The molecule has 2 unspecified atom stereocenters. The van der Waals surface area contributed by atoms with Gasteiger partial charge in [-0.05, 0) is 0 Å². The minimum absolute atomic E-state index is 0.0369. The molecule has 1 saturated heterocycles. The molecule has 1 aliphatic heterocycles. The summed E-state index contributed by atoms with van der Waals surface area (Å²) in [6.07, 6.45) is 1.70. The number of ether oxygens (including phenoxy) is 2. The first kappa shape index (κ1) is 27.3. The maximum absolute atomic E-state index is 6.71. The van der Waals surface area contributed by atoms with Crippen molar-refractivity contribution in [3.8, 4) is 0 Å². The molecule has 0 radical (unpaired) electrons. The van der Waals surface area contributed by atoms with Crippen LogP contribution in [0, 0.1) is 0 Å². The predicted molar refractivity (Wildman–Crippen MR) is 163 cm³/mol. The molecule has 0 saturated carbocycles. The van der Waals surface area contributed by atoms with Gasteiger partial charge >= 0.3 is 237 Å². The molecule has 5 rings (SSSR count). The summed E-state index contributed by atoms with van der Waals surface area (Å²) in [7, 11) is 0. The molecule has 2 nitrogen and oxygen atoms in total. The van der Waals surface area contributed by atoms with Crippen LogP contribution in [0.4, 0.5) is 0 Å². The van der Waals surface area contributed by atoms with E-state index in [2.05, 4.69) is 165 Å². The molecule has 0 spiro atoms. The van der Waals surface area contributed by atoms with E-state index in [-0.39, 0.29) is 12.2 Å². The van der Waals surface area contributed by atoms with E-state index in [4.69, 9.17) is 9.47 Å². The van der Waals surface area contributed by atoms with Crippen LogP contribution >= 0.6 is 11.0 Å². The van der Waals surface area contributed by atoms with Crippen molar-refractivity contribution >= 4 is 62.4 Å². The van der Waals surface area contributed by atoms with Crippen LogP contribution < -0.4 is 21.2 Å². The van der Waals surface area contributed by atoms with E-state index in [0.29, 0.717) is 0 Å². The minimum atomic E-state index is -1.85. The Kier molecular flexibility index (Phi) is 8.43. The quantitative estimate of drug-likeness (QED) is 0.196. The first-order valence-electron chi connectivity index (χ1n) is 12.6. The van der Waals surface area contributed by atoms with Crippen LogP contribution in [-0.2, 0) is 9.47 Å². The molecule has 37 heavy (non-hydrogen) atoms. The topological polar surface area (TPSA) is 18.5 Å². The summed E-state index contributed by atoms with van der Waals surface area (Å²) in [5.41, 5.74) is -3.71. The average Bonchev–Trinajstić information content (AvgIpc) is 3.22. The predicted octanol–water partition coefficient (Wildman–Crippen LogP) is 5.01. The number of rotatable bonds is 8. The van der Waals surface area contributed by atoms with Crippen molar-refractivity contribution in [2.45, 2.75) is 31.8 Å². The number of benzene rings is 4. The van der Waals surface area contributed by atoms with E-state index in [0.717, 1.165) is 12.3 Å². The van der Waals surface area contributed by atoms with Crippen LogP contribution in [0.2, 0.25) is 0 Å². The van der Waals surface area contributed by atoms with E-state index < -0.39 is 16.8 Å². The van der Waals surface area contributed by atoms with Gasteiger partial charge in [0.15, 0.2) is 0 Å². The number of hydrogen-bond donors (Lipinski definition) is 0.